The van der Waals surface area contributed by atoms with Gasteiger partial charge >= 0.3 is 6.03 Å². The summed E-state index contributed by atoms with van der Waals surface area (Å²) in [6.07, 6.45) is 6.44. The molecule has 24 nitrogen and oxygen atoms in total. The Morgan fingerprint density at radius 2 is 0.965 bits per heavy atom. The third-order valence-electron chi connectivity index (χ3n) is 12.5. The molecule has 3 rings (SSSR count). The van der Waals surface area contributed by atoms with Gasteiger partial charge < -0.3 is 93.9 Å². The van der Waals surface area contributed by atoms with Crippen molar-refractivity contribution in [2.75, 3.05) is 190 Å². The van der Waals surface area contributed by atoms with Crippen LogP contribution < -0.4 is 37.1 Å². The van der Waals surface area contributed by atoms with Crippen LogP contribution in [0.2, 0.25) is 0 Å². The van der Waals surface area contributed by atoms with Gasteiger partial charge in [-0.3, -0.25) is 19.2 Å². The number of benzene rings is 2. The molecule has 2 aromatic carbocycles. The molecule has 0 aromatic heterocycles. The molecule has 1 heterocycles. The molecule has 2 atom stereocenters. The SMILES string of the molecule is COc1cc(CCC[ClH+])ccc1CNC(=O)CCNC(=O)c1ccc(CNC(=O)CCOCCOCCOCCOCCOCCOCCOCCOCCOCCOCCOCCOCCNC(=O)CCCC[C@H]2CC(NC(N)=O)CS2)cc1. The highest BCUT2D eigenvalue weighted by molar-refractivity contribution is 8.00. The van der Waals surface area contributed by atoms with E-state index in [9.17, 15) is 24.0 Å². The quantitative estimate of drug-likeness (QED) is 0.0410. The highest BCUT2D eigenvalue weighted by Gasteiger charge is 2.25. The number of rotatable bonds is 57. The fourth-order valence-electron chi connectivity index (χ4n) is 8.01. The van der Waals surface area contributed by atoms with Crippen molar-refractivity contribution in [3.8, 4) is 5.75 Å². The van der Waals surface area contributed by atoms with Crippen LogP contribution in [0.15, 0.2) is 42.5 Å². The summed E-state index contributed by atoms with van der Waals surface area (Å²) < 4.78 is 71.7. The molecule has 7 N–H and O–H groups in total. The van der Waals surface area contributed by atoms with E-state index in [1.165, 1.54) is 0 Å². The predicted octanol–water partition coefficient (Wildman–Crippen LogP) is 2.77. The van der Waals surface area contributed by atoms with Crippen LogP contribution in [0.1, 0.15) is 78.4 Å². The van der Waals surface area contributed by atoms with Crippen LogP contribution in [0.5, 0.6) is 5.75 Å². The van der Waals surface area contributed by atoms with Crippen molar-refractivity contribution < 1.29 is 97.2 Å². The lowest BCUT2D eigenvalue weighted by Gasteiger charge is -2.12. The van der Waals surface area contributed by atoms with Crippen LogP contribution in [-0.2, 0) is 90.7 Å². The van der Waals surface area contributed by atoms with Gasteiger partial charge in [0.15, 0.2) is 5.88 Å². The number of methoxy groups -OCH3 is 1. The minimum absolute atomic E-state index is 0.0334. The molecule has 0 bridgehead atoms. The van der Waals surface area contributed by atoms with Gasteiger partial charge in [0, 0.05) is 80.0 Å². The van der Waals surface area contributed by atoms with Crippen LogP contribution in [0.4, 0.5) is 4.79 Å². The van der Waals surface area contributed by atoms with E-state index in [0.29, 0.717) is 195 Å². The number of thioether (sulfide) groups is 1. The fraction of sp³-hybridized carbons (Fsp3) is 0.712. The number of carbonyl (C=O) groups is 5. The van der Waals surface area contributed by atoms with Crippen LogP contribution in [0.25, 0.3) is 0 Å². The number of aryl methyl sites for hydroxylation is 1. The van der Waals surface area contributed by atoms with E-state index < -0.39 is 6.03 Å². The maximum Gasteiger partial charge on any atom is 0.312 e. The highest BCUT2D eigenvalue weighted by Crippen LogP contribution is 2.30. The lowest BCUT2D eigenvalue weighted by molar-refractivity contribution is -0.368. The zero-order chi connectivity index (χ0) is 60.9. The summed E-state index contributed by atoms with van der Waals surface area (Å²) in [5, 5.41) is 14.7. The molecule has 85 heavy (non-hydrogen) atoms. The Balaban J connectivity index is 0.936. The summed E-state index contributed by atoms with van der Waals surface area (Å²) in [5.41, 5.74) is 8.51. The Bertz CT molecular complexity index is 2040. The van der Waals surface area contributed by atoms with E-state index >= 15 is 0 Å². The number of amides is 6. The number of alkyl halides is 1. The molecule has 1 aliphatic heterocycles. The van der Waals surface area contributed by atoms with E-state index in [4.69, 9.17) is 78.9 Å². The van der Waals surface area contributed by atoms with Crippen LogP contribution in [0, 0.1) is 11.6 Å². The molecular weight excluding hydrogens is 1150 g/mol. The standard InChI is InChI=1S/C59H97ClN6O18S/c1-72-54-43-48(5-4-16-60)8-13-51(54)46-65-56(68)14-17-63-58(70)50-11-9-49(10-12-50)45-64-57(69)15-19-73-21-23-75-25-27-77-29-31-79-33-35-81-37-39-83-41-42-84-40-38-82-36-34-80-32-30-78-28-26-76-24-22-74-20-18-62-55(67)7-3-2-6-53-44-52(47-85-53)66-59(61)71/h8-13,43,52-53,60H,2-7,14-42,44-47H2,1H3,(H6-,61,62,63,64,65,66,67,68,69,70,71)/p+1/t52?,53-/m0/s1. The maximum atomic E-state index is 12.6. The Kier molecular flexibility index (Phi) is 46.3. The third kappa shape index (κ3) is 42.1. The van der Waals surface area contributed by atoms with Gasteiger partial charge in [0.25, 0.3) is 5.91 Å². The highest BCUT2D eigenvalue weighted by atomic mass is 35.5. The Hall–Kier alpha value is -4.45. The number of urea groups is 1. The summed E-state index contributed by atoms with van der Waals surface area (Å²) in [5.74, 6) is 1.72. The summed E-state index contributed by atoms with van der Waals surface area (Å²) in [6, 6.07) is 12.5. The summed E-state index contributed by atoms with van der Waals surface area (Å²) in [6.45, 7) is 11.8. The van der Waals surface area contributed by atoms with Crippen molar-refractivity contribution in [1.29, 1.82) is 0 Å². The summed E-state index contributed by atoms with van der Waals surface area (Å²) in [4.78, 5) is 60.4. The molecule has 26 heteroatoms. The molecule has 1 aliphatic rings. The van der Waals surface area contributed by atoms with Crippen LogP contribution in [0.3, 0.4) is 0 Å². The number of hydrogen-bond acceptors (Lipinski definition) is 19. The van der Waals surface area contributed by atoms with Gasteiger partial charge in [-0.2, -0.15) is 11.8 Å². The molecular formula is C59H98ClN6O18S+. The number of primary amides is 1. The Morgan fingerprint density at radius 1 is 0.506 bits per heavy atom. The molecule has 0 spiro atoms. The summed E-state index contributed by atoms with van der Waals surface area (Å²) in [7, 11) is 1.60. The second-order valence-corrected chi connectivity index (χ2v) is 21.0. The average molecular weight is 1250 g/mol. The first-order valence-electron chi connectivity index (χ1n) is 29.7. The van der Waals surface area contributed by atoms with Crippen molar-refractivity contribution in [3.63, 3.8) is 0 Å². The van der Waals surface area contributed by atoms with E-state index in [1.54, 1.807) is 31.4 Å². The molecule has 1 fully saturated rings. The van der Waals surface area contributed by atoms with Crippen molar-refractivity contribution in [1.82, 2.24) is 26.6 Å². The second kappa shape index (κ2) is 52.7. The number of nitrogens with one attached hydrogen (secondary N) is 5. The third-order valence-corrected chi connectivity index (χ3v) is 14.3. The molecule has 0 aliphatic carbocycles. The summed E-state index contributed by atoms with van der Waals surface area (Å²) >= 11 is 6.90. The van der Waals surface area contributed by atoms with Crippen molar-refractivity contribution in [2.24, 2.45) is 5.73 Å². The van der Waals surface area contributed by atoms with Crippen molar-refractivity contribution >= 4 is 41.4 Å². The van der Waals surface area contributed by atoms with Crippen molar-refractivity contribution in [2.45, 2.75) is 82.2 Å². The topological polar surface area (TPSA) is 292 Å². The van der Waals surface area contributed by atoms with E-state index in [2.05, 4.69) is 26.6 Å². The normalized spacial score (nSPS) is 13.9. The van der Waals surface area contributed by atoms with Gasteiger partial charge in [-0.15, -0.1) is 0 Å². The largest absolute Gasteiger partial charge is 0.496 e. The maximum absolute atomic E-state index is 12.6. The average Bonchev–Trinajstić information content (AvgIpc) is 3.98. The van der Waals surface area contributed by atoms with Crippen molar-refractivity contribution in [3.05, 3.63) is 64.7 Å². The van der Waals surface area contributed by atoms with E-state index in [0.717, 1.165) is 66.7 Å². The smallest absolute Gasteiger partial charge is 0.312 e. The zero-order valence-electron chi connectivity index (χ0n) is 50.0. The second-order valence-electron chi connectivity index (χ2n) is 19.3. The molecule has 2 aromatic rings. The molecule has 0 radical (unpaired) electrons. The zero-order valence-corrected chi connectivity index (χ0v) is 51.6. The number of hydrogen-bond donors (Lipinski definition) is 6. The first kappa shape index (κ1) is 74.8. The Labute approximate surface area is 511 Å². The minimum Gasteiger partial charge on any atom is -0.496 e. The molecule has 484 valence electrons. The first-order chi connectivity index (χ1) is 41.7. The molecule has 6 amide bonds. The first-order valence-corrected chi connectivity index (χ1v) is 31.3. The fourth-order valence-corrected chi connectivity index (χ4v) is 9.58. The van der Waals surface area contributed by atoms with Gasteiger partial charge in [-0.1, -0.05) is 30.7 Å². The van der Waals surface area contributed by atoms with Gasteiger partial charge in [-0.05, 0) is 55.0 Å². The molecule has 1 unspecified atom stereocenters. The van der Waals surface area contributed by atoms with Gasteiger partial charge in [-0.25, -0.2) is 4.79 Å². The van der Waals surface area contributed by atoms with E-state index in [1.807, 2.05) is 30.0 Å². The molecule has 1 saturated heterocycles. The number of ether oxygens (including phenoxy) is 13. The van der Waals surface area contributed by atoms with Gasteiger partial charge in [0.2, 0.25) is 17.7 Å². The predicted molar refractivity (Wildman–Crippen MR) is 318 cm³/mol. The van der Waals surface area contributed by atoms with Gasteiger partial charge in [0.05, 0.1) is 166 Å². The van der Waals surface area contributed by atoms with Crippen LogP contribution in [-0.4, -0.2) is 231 Å². The number of carbonyl (C=O) groups excluding carboxylic acids is 5. The van der Waals surface area contributed by atoms with Gasteiger partial charge in [0.1, 0.15) is 17.4 Å². The Morgan fingerprint density at radius 3 is 1.46 bits per heavy atom. The minimum atomic E-state index is -0.467. The van der Waals surface area contributed by atoms with Crippen LogP contribution >= 0.6 is 11.8 Å². The van der Waals surface area contributed by atoms with E-state index in [-0.39, 0.29) is 55.7 Å². The number of unbranched alkanes of at least 4 members (excludes halogenated alkanes) is 1. The lowest BCUT2D eigenvalue weighted by Crippen LogP contribution is -2.38. The molecule has 0 saturated carbocycles. The number of halogens is 1. The lowest BCUT2D eigenvalue weighted by atomic mass is 10.1. The monoisotopic (exact) mass is 1250 g/mol. The number of nitrogens with two attached hydrogens (primary N) is 1.